The number of halogens is 2. The molecular formula is C9H10F2. The molecule has 1 aromatic rings. The predicted octanol–water partition coefficient (Wildman–Crippen LogP) is 3.39. The quantitative estimate of drug-likeness (QED) is 0.540. The molecule has 0 fully saturated rings. The molecule has 0 amide bonds. The van der Waals surface area contributed by atoms with Crippen LogP contribution in [0.1, 0.15) is 5.56 Å². The average molecular weight is 156 g/mol. The summed E-state index contributed by atoms with van der Waals surface area (Å²) in [5, 5.41) is 0. The molecule has 0 aliphatic rings. The van der Waals surface area contributed by atoms with Crippen molar-refractivity contribution in [1.29, 1.82) is 0 Å². The molecule has 0 N–H and O–H groups in total. The van der Waals surface area contributed by atoms with Gasteiger partial charge in [-0.2, -0.15) is 0 Å². The lowest BCUT2D eigenvalue weighted by Crippen LogP contribution is -1.62. The number of hydrogen-bond acceptors (Lipinski definition) is 0. The van der Waals surface area contributed by atoms with E-state index in [0.29, 0.717) is 0 Å². The van der Waals surface area contributed by atoms with Gasteiger partial charge in [-0.05, 0) is 6.92 Å². The van der Waals surface area contributed by atoms with Gasteiger partial charge in [0.2, 0.25) is 0 Å². The Morgan fingerprint density at radius 2 is 1.45 bits per heavy atom. The van der Waals surface area contributed by atoms with Crippen molar-refractivity contribution in [2.24, 2.45) is 0 Å². The van der Waals surface area contributed by atoms with Gasteiger partial charge in [0.15, 0.2) is 0 Å². The predicted molar refractivity (Wildman–Crippen MR) is 42.5 cm³/mol. The maximum absolute atomic E-state index is 10.2. The van der Waals surface area contributed by atoms with Gasteiger partial charge in [-0.3, -0.25) is 0 Å². The first-order valence-electron chi connectivity index (χ1n) is 3.18. The van der Waals surface area contributed by atoms with Gasteiger partial charge in [0.25, 0.3) is 0 Å². The molecule has 0 aliphatic carbocycles. The Hall–Kier alpha value is -1.18. The minimum absolute atomic E-state index is 0.167. The summed E-state index contributed by atoms with van der Waals surface area (Å²) < 4.78 is 20.3. The molecule has 1 aromatic carbocycles. The molecule has 2 heteroatoms. The minimum atomic E-state index is -0.167. The van der Waals surface area contributed by atoms with E-state index in [4.69, 9.17) is 0 Å². The first kappa shape index (κ1) is 9.82. The average Bonchev–Trinajstić information content (AvgIpc) is 2.07. The lowest BCUT2D eigenvalue weighted by molar-refractivity contribution is 0.645. The van der Waals surface area contributed by atoms with Gasteiger partial charge in [0, 0.05) is 0 Å². The largest absolute Gasteiger partial charge is 0.213 e. The maximum atomic E-state index is 10.2. The van der Waals surface area contributed by atoms with Crippen LogP contribution in [0.4, 0.5) is 8.78 Å². The molecule has 0 aromatic heterocycles. The summed E-state index contributed by atoms with van der Waals surface area (Å²) >= 11 is 0. The topological polar surface area (TPSA) is 0 Å². The molecule has 1 rings (SSSR count). The van der Waals surface area contributed by atoms with Crippen LogP contribution in [0.5, 0.6) is 0 Å². The van der Waals surface area contributed by atoms with Crippen molar-refractivity contribution >= 4 is 0 Å². The fourth-order valence-corrected chi connectivity index (χ4v) is 0.534. The fraction of sp³-hybridized carbons (Fsp3) is 0.111. The summed E-state index contributed by atoms with van der Waals surface area (Å²) in [5.41, 5.74) is 1.32. The van der Waals surface area contributed by atoms with Crippen molar-refractivity contribution < 1.29 is 8.78 Å². The molecule has 0 spiro atoms. The first-order valence-corrected chi connectivity index (χ1v) is 3.18. The van der Waals surface area contributed by atoms with Crippen molar-refractivity contribution in [3.05, 3.63) is 48.6 Å². The van der Waals surface area contributed by atoms with E-state index in [1.54, 1.807) is 0 Å². The van der Waals surface area contributed by atoms with E-state index in [-0.39, 0.29) is 12.7 Å². The Morgan fingerprint density at radius 3 is 1.64 bits per heavy atom. The molecular weight excluding hydrogens is 146 g/mol. The number of benzene rings is 1. The molecule has 0 radical (unpaired) electrons. The Labute approximate surface area is 65.2 Å². The first-order chi connectivity index (χ1) is 5.31. The van der Waals surface area contributed by atoms with Crippen LogP contribution in [0.3, 0.4) is 0 Å². The van der Waals surface area contributed by atoms with Gasteiger partial charge in [-0.15, -0.1) is 0 Å². The summed E-state index contributed by atoms with van der Waals surface area (Å²) in [6.07, 6.45) is -0.333. The van der Waals surface area contributed by atoms with Crippen LogP contribution in [0.2, 0.25) is 0 Å². The SMILES string of the molecule is Cc1ccccc1.F/C=C/F. The summed E-state index contributed by atoms with van der Waals surface area (Å²) in [4.78, 5) is 0. The van der Waals surface area contributed by atoms with Gasteiger partial charge < -0.3 is 0 Å². The second-order valence-corrected chi connectivity index (χ2v) is 1.91. The Morgan fingerprint density at radius 1 is 1.00 bits per heavy atom. The lowest BCUT2D eigenvalue weighted by Gasteiger charge is -1.82. The smallest absolute Gasteiger partial charge is 0.115 e. The Bertz CT molecular complexity index is 188. The van der Waals surface area contributed by atoms with Gasteiger partial charge in [-0.1, -0.05) is 35.9 Å². The molecule has 60 valence electrons. The minimum Gasteiger partial charge on any atom is -0.213 e. The molecule has 0 heterocycles. The summed E-state index contributed by atoms with van der Waals surface area (Å²) in [6.45, 7) is 2.08. The Balaban J connectivity index is 0.000000218. The normalized spacial score (nSPS) is 9.00. The van der Waals surface area contributed by atoms with E-state index in [2.05, 4.69) is 19.1 Å². The van der Waals surface area contributed by atoms with Crippen LogP contribution in [-0.2, 0) is 0 Å². The lowest BCUT2D eigenvalue weighted by atomic mass is 10.2. The summed E-state index contributed by atoms with van der Waals surface area (Å²) in [7, 11) is 0. The maximum Gasteiger partial charge on any atom is 0.115 e. The standard InChI is InChI=1S/C7H8.C2H2F2/c1-7-5-3-2-4-6-7;3-1-2-4/h2-6H,1H3;1-2H/b;2-1+. The fourth-order valence-electron chi connectivity index (χ4n) is 0.534. The van der Waals surface area contributed by atoms with Crippen LogP contribution in [0, 0.1) is 6.92 Å². The van der Waals surface area contributed by atoms with E-state index in [0.717, 1.165) is 0 Å². The van der Waals surface area contributed by atoms with Gasteiger partial charge in [0.05, 0.1) is 0 Å². The third-order valence-electron chi connectivity index (χ3n) is 0.988. The summed E-state index contributed by atoms with van der Waals surface area (Å²) in [5.74, 6) is 0. The second-order valence-electron chi connectivity index (χ2n) is 1.91. The van der Waals surface area contributed by atoms with E-state index in [1.165, 1.54) is 5.56 Å². The number of aryl methyl sites for hydroxylation is 1. The molecule has 0 nitrogen and oxygen atoms in total. The second kappa shape index (κ2) is 6.93. The number of rotatable bonds is 0. The van der Waals surface area contributed by atoms with Crippen LogP contribution >= 0.6 is 0 Å². The third-order valence-corrected chi connectivity index (χ3v) is 0.988. The monoisotopic (exact) mass is 156 g/mol. The number of hydrogen-bond donors (Lipinski definition) is 0. The van der Waals surface area contributed by atoms with Gasteiger partial charge >= 0.3 is 0 Å². The van der Waals surface area contributed by atoms with Crippen molar-refractivity contribution in [2.75, 3.05) is 0 Å². The molecule has 0 saturated heterocycles. The van der Waals surface area contributed by atoms with Crippen LogP contribution in [0.15, 0.2) is 43.0 Å². The van der Waals surface area contributed by atoms with Gasteiger partial charge in [0.1, 0.15) is 12.7 Å². The van der Waals surface area contributed by atoms with E-state index in [9.17, 15) is 8.78 Å². The highest BCUT2D eigenvalue weighted by molar-refractivity contribution is 5.11. The van der Waals surface area contributed by atoms with E-state index >= 15 is 0 Å². The summed E-state index contributed by atoms with van der Waals surface area (Å²) in [6, 6.07) is 10.3. The zero-order chi connectivity index (χ0) is 8.53. The zero-order valence-corrected chi connectivity index (χ0v) is 6.30. The third kappa shape index (κ3) is 6.71. The highest BCUT2D eigenvalue weighted by Crippen LogP contribution is 1.92. The highest BCUT2D eigenvalue weighted by Gasteiger charge is 1.72. The van der Waals surface area contributed by atoms with Crippen LogP contribution < -0.4 is 0 Å². The zero-order valence-electron chi connectivity index (χ0n) is 6.30. The highest BCUT2D eigenvalue weighted by atomic mass is 19.2. The van der Waals surface area contributed by atoms with Crippen molar-refractivity contribution in [1.82, 2.24) is 0 Å². The van der Waals surface area contributed by atoms with Gasteiger partial charge in [-0.25, -0.2) is 8.78 Å². The van der Waals surface area contributed by atoms with Crippen LogP contribution in [-0.4, -0.2) is 0 Å². The molecule has 0 bridgehead atoms. The van der Waals surface area contributed by atoms with Crippen molar-refractivity contribution in [3.63, 3.8) is 0 Å². The molecule has 11 heavy (non-hydrogen) atoms. The van der Waals surface area contributed by atoms with E-state index in [1.807, 2.05) is 18.2 Å². The Kier molecular flexibility index (Phi) is 6.19. The van der Waals surface area contributed by atoms with Crippen molar-refractivity contribution in [2.45, 2.75) is 6.92 Å². The van der Waals surface area contributed by atoms with Crippen molar-refractivity contribution in [3.8, 4) is 0 Å². The molecule has 0 saturated carbocycles. The molecule has 0 unspecified atom stereocenters. The molecule has 0 aliphatic heterocycles. The molecule has 0 atom stereocenters. The van der Waals surface area contributed by atoms with E-state index < -0.39 is 0 Å². The van der Waals surface area contributed by atoms with Crippen LogP contribution in [0.25, 0.3) is 0 Å².